The Labute approximate surface area is 119 Å². The van der Waals surface area contributed by atoms with Gasteiger partial charge in [0, 0.05) is 13.7 Å². The lowest BCUT2D eigenvalue weighted by atomic mass is 10.2. The van der Waals surface area contributed by atoms with Gasteiger partial charge < -0.3 is 20.5 Å². The average molecular weight is 289 g/mol. The van der Waals surface area contributed by atoms with Gasteiger partial charge in [-0.3, -0.25) is 4.79 Å². The number of carbonyl (C=O) groups excluding carboxylic acids is 1. The topological polar surface area (TPSA) is 73.6 Å². The standard InChI is InChI=1S/C13H20N2O3.ClH/c1-9(2)18-11-7-5-4-6-10(11)15-13(16)12(8-14)17-3;/h4-7,9,12H,8,14H2,1-3H3,(H,15,16);1H. The molecular weight excluding hydrogens is 268 g/mol. The number of rotatable bonds is 6. The van der Waals surface area contributed by atoms with E-state index in [0.29, 0.717) is 11.4 Å². The molecule has 1 rings (SSSR count). The molecule has 0 fully saturated rings. The van der Waals surface area contributed by atoms with Crippen LogP contribution in [0.2, 0.25) is 0 Å². The molecular formula is C13H21ClN2O3. The predicted octanol–water partition coefficient (Wildman–Crippen LogP) is 1.81. The molecule has 19 heavy (non-hydrogen) atoms. The van der Waals surface area contributed by atoms with Gasteiger partial charge in [-0.2, -0.15) is 0 Å². The zero-order valence-corrected chi connectivity index (χ0v) is 12.2. The number of para-hydroxylation sites is 2. The van der Waals surface area contributed by atoms with E-state index in [1.54, 1.807) is 12.1 Å². The molecule has 0 radical (unpaired) electrons. The van der Waals surface area contributed by atoms with Crippen LogP contribution in [0.1, 0.15) is 13.8 Å². The van der Waals surface area contributed by atoms with Crippen molar-refractivity contribution in [2.75, 3.05) is 19.0 Å². The maximum atomic E-state index is 11.8. The molecule has 0 aliphatic rings. The van der Waals surface area contributed by atoms with E-state index in [4.69, 9.17) is 15.2 Å². The minimum atomic E-state index is -0.655. The summed E-state index contributed by atoms with van der Waals surface area (Å²) in [6.45, 7) is 3.99. The number of hydrogen-bond donors (Lipinski definition) is 2. The van der Waals surface area contributed by atoms with Gasteiger partial charge in [0.25, 0.3) is 5.91 Å². The SMILES string of the molecule is COC(CN)C(=O)Nc1ccccc1OC(C)C.Cl. The summed E-state index contributed by atoms with van der Waals surface area (Å²) in [5.74, 6) is 0.354. The van der Waals surface area contributed by atoms with E-state index in [2.05, 4.69) is 5.32 Å². The van der Waals surface area contributed by atoms with E-state index in [0.717, 1.165) is 0 Å². The molecule has 0 aliphatic carbocycles. The normalized spacial score (nSPS) is 11.6. The Morgan fingerprint density at radius 2 is 2.00 bits per heavy atom. The molecule has 0 saturated carbocycles. The van der Waals surface area contributed by atoms with Crippen LogP contribution in [-0.4, -0.2) is 31.8 Å². The zero-order chi connectivity index (χ0) is 13.5. The molecule has 108 valence electrons. The molecule has 1 aromatic rings. The Kier molecular flexibility index (Phi) is 8.14. The van der Waals surface area contributed by atoms with Gasteiger partial charge >= 0.3 is 0 Å². The Morgan fingerprint density at radius 3 is 2.53 bits per heavy atom. The van der Waals surface area contributed by atoms with Gasteiger partial charge in [-0.15, -0.1) is 12.4 Å². The summed E-state index contributed by atoms with van der Waals surface area (Å²) in [5, 5.41) is 2.75. The number of ether oxygens (including phenoxy) is 2. The monoisotopic (exact) mass is 288 g/mol. The van der Waals surface area contributed by atoms with Gasteiger partial charge in [0.2, 0.25) is 0 Å². The Bertz CT molecular complexity index is 395. The van der Waals surface area contributed by atoms with Gasteiger partial charge in [0.1, 0.15) is 11.9 Å². The number of methoxy groups -OCH3 is 1. The van der Waals surface area contributed by atoms with Crippen molar-refractivity contribution < 1.29 is 14.3 Å². The summed E-state index contributed by atoms with van der Waals surface area (Å²) >= 11 is 0. The van der Waals surface area contributed by atoms with Crippen LogP contribution in [0.4, 0.5) is 5.69 Å². The molecule has 1 atom stereocenters. The van der Waals surface area contributed by atoms with Crippen molar-refractivity contribution in [2.45, 2.75) is 26.1 Å². The zero-order valence-electron chi connectivity index (χ0n) is 11.4. The summed E-state index contributed by atoms with van der Waals surface area (Å²) in [6, 6.07) is 7.26. The van der Waals surface area contributed by atoms with Crippen molar-refractivity contribution in [3.63, 3.8) is 0 Å². The lowest BCUT2D eigenvalue weighted by molar-refractivity contribution is -0.125. The molecule has 0 bridgehead atoms. The highest BCUT2D eigenvalue weighted by Crippen LogP contribution is 2.24. The Morgan fingerprint density at radius 1 is 1.37 bits per heavy atom. The smallest absolute Gasteiger partial charge is 0.254 e. The van der Waals surface area contributed by atoms with E-state index >= 15 is 0 Å². The molecule has 1 unspecified atom stereocenters. The molecule has 0 heterocycles. The number of anilines is 1. The van der Waals surface area contributed by atoms with E-state index in [1.165, 1.54) is 7.11 Å². The second kappa shape index (κ2) is 8.74. The molecule has 3 N–H and O–H groups in total. The van der Waals surface area contributed by atoms with Crippen molar-refractivity contribution >= 4 is 24.0 Å². The molecule has 5 nitrogen and oxygen atoms in total. The number of amides is 1. The first kappa shape index (κ1) is 17.7. The first-order valence-corrected chi connectivity index (χ1v) is 5.88. The summed E-state index contributed by atoms with van der Waals surface area (Å²) in [7, 11) is 1.45. The van der Waals surface area contributed by atoms with Crippen molar-refractivity contribution in [3.05, 3.63) is 24.3 Å². The molecule has 1 amide bonds. The third-order valence-electron chi connectivity index (χ3n) is 2.30. The summed E-state index contributed by atoms with van der Waals surface area (Å²) in [4.78, 5) is 11.8. The van der Waals surface area contributed by atoms with E-state index < -0.39 is 6.10 Å². The maximum Gasteiger partial charge on any atom is 0.254 e. The second-order valence-electron chi connectivity index (χ2n) is 4.11. The fourth-order valence-corrected chi connectivity index (χ4v) is 1.45. The van der Waals surface area contributed by atoms with Crippen LogP contribution < -0.4 is 15.8 Å². The highest BCUT2D eigenvalue weighted by molar-refractivity contribution is 5.95. The maximum absolute atomic E-state index is 11.8. The number of nitrogens with two attached hydrogens (primary N) is 1. The Hall–Kier alpha value is -1.30. The first-order chi connectivity index (χ1) is 8.58. The molecule has 0 aliphatic heterocycles. The van der Waals surface area contributed by atoms with Crippen molar-refractivity contribution in [1.29, 1.82) is 0 Å². The molecule has 0 spiro atoms. The van der Waals surface area contributed by atoms with Crippen LogP contribution in [0.3, 0.4) is 0 Å². The fraction of sp³-hybridized carbons (Fsp3) is 0.462. The van der Waals surface area contributed by atoms with Gasteiger partial charge in [0.15, 0.2) is 0 Å². The number of halogens is 1. The van der Waals surface area contributed by atoms with Gasteiger partial charge in [-0.25, -0.2) is 0 Å². The van der Waals surface area contributed by atoms with Crippen molar-refractivity contribution in [2.24, 2.45) is 5.73 Å². The van der Waals surface area contributed by atoms with Crippen LogP contribution in [0, 0.1) is 0 Å². The fourth-order valence-electron chi connectivity index (χ4n) is 1.45. The largest absolute Gasteiger partial charge is 0.489 e. The average Bonchev–Trinajstić information content (AvgIpc) is 2.32. The lowest BCUT2D eigenvalue weighted by Gasteiger charge is -2.17. The highest BCUT2D eigenvalue weighted by Gasteiger charge is 2.17. The summed E-state index contributed by atoms with van der Waals surface area (Å²) < 4.78 is 10.6. The van der Waals surface area contributed by atoms with Gasteiger partial charge in [-0.1, -0.05) is 12.1 Å². The minimum Gasteiger partial charge on any atom is -0.489 e. The van der Waals surface area contributed by atoms with Crippen LogP contribution >= 0.6 is 12.4 Å². The van der Waals surface area contributed by atoms with Gasteiger partial charge in [0.05, 0.1) is 11.8 Å². The van der Waals surface area contributed by atoms with Crippen LogP contribution in [-0.2, 0) is 9.53 Å². The highest BCUT2D eigenvalue weighted by atomic mass is 35.5. The van der Waals surface area contributed by atoms with Gasteiger partial charge in [-0.05, 0) is 26.0 Å². The predicted molar refractivity (Wildman–Crippen MR) is 77.9 cm³/mol. The lowest BCUT2D eigenvalue weighted by Crippen LogP contribution is -2.36. The quantitative estimate of drug-likeness (QED) is 0.837. The molecule has 0 aromatic heterocycles. The number of hydrogen-bond acceptors (Lipinski definition) is 4. The second-order valence-corrected chi connectivity index (χ2v) is 4.11. The van der Waals surface area contributed by atoms with E-state index in [9.17, 15) is 4.79 Å². The van der Waals surface area contributed by atoms with Crippen LogP contribution in [0.5, 0.6) is 5.75 Å². The van der Waals surface area contributed by atoms with E-state index in [1.807, 2.05) is 26.0 Å². The molecule has 1 aromatic carbocycles. The number of carbonyl (C=O) groups is 1. The summed E-state index contributed by atoms with van der Waals surface area (Å²) in [6.07, 6.45) is -0.618. The van der Waals surface area contributed by atoms with Crippen LogP contribution in [0.15, 0.2) is 24.3 Å². The van der Waals surface area contributed by atoms with Crippen molar-refractivity contribution in [3.8, 4) is 5.75 Å². The molecule has 0 saturated heterocycles. The first-order valence-electron chi connectivity index (χ1n) is 5.88. The molecule has 6 heteroatoms. The number of nitrogens with one attached hydrogen (secondary N) is 1. The third kappa shape index (κ3) is 5.46. The van der Waals surface area contributed by atoms with Crippen molar-refractivity contribution in [1.82, 2.24) is 0 Å². The summed E-state index contributed by atoms with van der Waals surface area (Å²) in [5.41, 5.74) is 6.06. The van der Waals surface area contributed by atoms with E-state index in [-0.39, 0.29) is 31.0 Å². The van der Waals surface area contributed by atoms with Crippen LogP contribution in [0.25, 0.3) is 0 Å². The minimum absolute atomic E-state index is 0. The number of benzene rings is 1. The third-order valence-corrected chi connectivity index (χ3v) is 2.30. The Balaban J connectivity index is 0.00000324.